The maximum Gasteiger partial charge on any atom is 0.133 e. The molecular formula is C12H14BrN3S. The summed E-state index contributed by atoms with van der Waals surface area (Å²) in [7, 11) is 0. The van der Waals surface area contributed by atoms with Gasteiger partial charge in [-0.05, 0) is 35.0 Å². The van der Waals surface area contributed by atoms with E-state index in [4.69, 9.17) is 5.73 Å². The molecule has 2 N–H and O–H groups in total. The number of nitrogens with zero attached hydrogens (tertiary/aromatic N) is 2. The fourth-order valence-corrected chi connectivity index (χ4v) is 2.88. The first kappa shape index (κ1) is 12.7. The summed E-state index contributed by atoms with van der Waals surface area (Å²) in [6.45, 7) is 4.60. The van der Waals surface area contributed by atoms with Crippen LogP contribution in [0.5, 0.6) is 0 Å². The molecule has 0 aromatic carbocycles. The number of thiophene rings is 1. The van der Waals surface area contributed by atoms with Gasteiger partial charge in [0.25, 0.3) is 0 Å². The van der Waals surface area contributed by atoms with Crippen LogP contribution < -0.4 is 5.73 Å². The van der Waals surface area contributed by atoms with Gasteiger partial charge >= 0.3 is 0 Å². The van der Waals surface area contributed by atoms with Crippen molar-refractivity contribution in [1.29, 1.82) is 0 Å². The second-order valence-electron chi connectivity index (χ2n) is 4.02. The van der Waals surface area contributed by atoms with E-state index >= 15 is 0 Å². The zero-order valence-electron chi connectivity index (χ0n) is 9.77. The quantitative estimate of drug-likeness (QED) is 0.945. The summed E-state index contributed by atoms with van der Waals surface area (Å²) in [5, 5.41) is 2.05. The topological polar surface area (TPSA) is 51.8 Å². The number of halogens is 1. The predicted octanol–water partition coefficient (Wildman–Crippen LogP) is 3.34. The molecule has 2 aromatic heterocycles. The van der Waals surface area contributed by atoms with E-state index in [9.17, 15) is 0 Å². The molecule has 0 radical (unpaired) electrons. The zero-order valence-corrected chi connectivity index (χ0v) is 12.2. The van der Waals surface area contributed by atoms with Crippen LogP contribution in [0, 0.1) is 6.92 Å². The number of aryl methyl sites for hydroxylation is 1. The highest BCUT2D eigenvalue weighted by Crippen LogP contribution is 2.29. The Hall–Kier alpha value is -0.780. The van der Waals surface area contributed by atoms with Gasteiger partial charge in [-0.1, -0.05) is 6.92 Å². The molecule has 2 rings (SSSR count). The van der Waals surface area contributed by atoms with Gasteiger partial charge in [0.05, 0.1) is 10.6 Å². The number of hydrogen-bond donors (Lipinski definition) is 1. The number of aromatic nitrogens is 2. The highest BCUT2D eigenvalue weighted by atomic mass is 79.9. The molecule has 3 nitrogen and oxygen atoms in total. The van der Waals surface area contributed by atoms with E-state index < -0.39 is 0 Å². The van der Waals surface area contributed by atoms with E-state index in [0.717, 1.165) is 26.6 Å². The first-order chi connectivity index (χ1) is 8.10. The van der Waals surface area contributed by atoms with E-state index in [1.54, 1.807) is 11.3 Å². The standard InChI is InChI=1S/C12H14BrN3S/c1-7(5-14)12-15-8(2)3-10(16-12)11-4-9(13)6-17-11/h3-4,6-7H,5,14H2,1-2H3. The van der Waals surface area contributed by atoms with E-state index in [0.29, 0.717) is 6.54 Å². The molecular weight excluding hydrogens is 298 g/mol. The van der Waals surface area contributed by atoms with Crippen molar-refractivity contribution < 1.29 is 0 Å². The van der Waals surface area contributed by atoms with Crippen LogP contribution in [0.4, 0.5) is 0 Å². The molecule has 2 aromatic rings. The highest BCUT2D eigenvalue weighted by Gasteiger charge is 2.11. The Bertz CT molecular complexity index is 524. The Morgan fingerprint density at radius 3 is 2.76 bits per heavy atom. The largest absolute Gasteiger partial charge is 0.330 e. The molecule has 0 amide bonds. The van der Waals surface area contributed by atoms with Gasteiger partial charge in [0.1, 0.15) is 5.82 Å². The number of hydrogen-bond acceptors (Lipinski definition) is 4. The predicted molar refractivity (Wildman–Crippen MR) is 75.3 cm³/mol. The fourth-order valence-electron chi connectivity index (χ4n) is 1.49. The van der Waals surface area contributed by atoms with Crippen LogP contribution >= 0.6 is 27.3 Å². The minimum absolute atomic E-state index is 0.192. The van der Waals surface area contributed by atoms with Gasteiger partial charge < -0.3 is 5.73 Å². The Labute approximate surface area is 113 Å². The van der Waals surface area contributed by atoms with Gasteiger partial charge in [0.15, 0.2) is 0 Å². The van der Waals surface area contributed by atoms with Crippen LogP contribution in [0.1, 0.15) is 24.4 Å². The van der Waals surface area contributed by atoms with Crippen molar-refractivity contribution >= 4 is 27.3 Å². The number of nitrogens with two attached hydrogens (primary N) is 1. The average molecular weight is 312 g/mol. The second-order valence-corrected chi connectivity index (χ2v) is 5.85. The summed E-state index contributed by atoms with van der Waals surface area (Å²) in [6.07, 6.45) is 0. The van der Waals surface area contributed by atoms with Crippen LogP contribution in [0.3, 0.4) is 0 Å². The van der Waals surface area contributed by atoms with E-state index in [2.05, 4.69) is 37.3 Å². The van der Waals surface area contributed by atoms with Crippen LogP contribution in [0.15, 0.2) is 22.0 Å². The molecule has 5 heteroatoms. The van der Waals surface area contributed by atoms with Crippen molar-refractivity contribution in [2.45, 2.75) is 19.8 Å². The van der Waals surface area contributed by atoms with E-state index in [1.165, 1.54) is 0 Å². The van der Waals surface area contributed by atoms with Gasteiger partial charge in [0.2, 0.25) is 0 Å². The molecule has 2 heterocycles. The number of rotatable bonds is 3. The minimum Gasteiger partial charge on any atom is -0.330 e. The van der Waals surface area contributed by atoms with Crippen molar-refractivity contribution in [3.63, 3.8) is 0 Å². The summed E-state index contributed by atoms with van der Waals surface area (Å²) < 4.78 is 1.09. The molecule has 0 saturated heterocycles. The molecule has 17 heavy (non-hydrogen) atoms. The Morgan fingerprint density at radius 2 is 2.18 bits per heavy atom. The lowest BCUT2D eigenvalue weighted by Gasteiger charge is -2.09. The first-order valence-electron chi connectivity index (χ1n) is 5.40. The molecule has 0 aliphatic rings. The normalized spacial score (nSPS) is 12.7. The lowest BCUT2D eigenvalue weighted by atomic mass is 10.1. The monoisotopic (exact) mass is 311 g/mol. The first-order valence-corrected chi connectivity index (χ1v) is 7.07. The molecule has 1 atom stereocenters. The van der Waals surface area contributed by atoms with Crippen LogP contribution in [-0.2, 0) is 0 Å². The van der Waals surface area contributed by atoms with Gasteiger partial charge in [-0.25, -0.2) is 9.97 Å². The Balaban J connectivity index is 2.44. The molecule has 0 aliphatic heterocycles. The Morgan fingerprint density at radius 1 is 1.41 bits per heavy atom. The third-order valence-corrected chi connectivity index (χ3v) is 4.20. The molecule has 1 unspecified atom stereocenters. The molecule has 0 aliphatic carbocycles. The van der Waals surface area contributed by atoms with E-state index in [-0.39, 0.29) is 5.92 Å². The maximum atomic E-state index is 5.66. The van der Waals surface area contributed by atoms with Crippen LogP contribution in [-0.4, -0.2) is 16.5 Å². The molecule has 0 fully saturated rings. The maximum absolute atomic E-state index is 5.66. The summed E-state index contributed by atoms with van der Waals surface area (Å²) in [5.41, 5.74) is 7.62. The third kappa shape index (κ3) is 2.91. The second kappa shape index (κ2) is 5.25. The molecule has 0 spiro atoms. The Kier molecular flexibility index (Phi) is 3.91. The molecule has 0 saturated carbocycles. The lowest BCUT2D eigenvalue weighted by molar-refractivity contribution is 0.708. The highest BCUT2D eigenvalue weighted by molar-refractivity contribution is 9.10. The third-order valence-electron chi connectivity index (χ3n) is 2.49. The smallest absolute Gasteiger partial charge is 0.133 e. The fraction of sp³-hybridized carbons (Fsp3) is 0.333. The zero-order chi connectivity index (χ0) is 12.4. The summed E-state index contributed by atoms with van der Waals surface area (Å²) in [5.74, 6) is 1.02. The van der Waals surface area contributed by atoms with Crippen LogP contribution in [0.25, 0.3) is 10.6 Å². The van der Waals surface area contributed by atoms with Crippen molar-refractivity contribution in [1.82, 2.24) is 9.97 Å². The lowest BCUT2D eigenvalue weighted by Crippen LogP contribution is -2.13. The van der Waals surface area contributed by atoms with Gasteiger partial charge in [-0.2, -0.15) is 0 Å². The summed E-state index contributed by atoms with van der Waals surface area (Å²) in [6, 6.07) is 4.08. The molecule has 90 valence electrons. The van der Waals surface area contributed by atoms with Gasteiger partial charge in [-0.15, -0.1) is 11.3 Å². The van der Waals surface area contributed by atoms with Crippen molar-refractivity contribution in [3.8, 4) is 10.6 Å². The summed E-state index contributed by atoms with van der Waals surface area (Å²) in [4.78, 5) is 10.2. The van der Waals surface area contributed by atoms with Crippen molar-refractivity contribution in [2.75, 3.05) is 6.54 Å². The SMILES string of the molecule is Cc1cc(-c2cc(Br)cs2)nc(C(C)CN)n1. The van der Waals surface area contributed by atoms with Gasteiger partial charge in [0, 0.05) is 28.0 Å². The minimum atomic E-state index is 0.192. The van der Waals surface area contributed by atoms with Crippen molar-refractivity contribution in [2.24, 2.45) is 5.73 Å². The van der Waals surface area contributed by atoms with E-state index in [1.807, 2.05) is 19.9 Å². The van der Waals surface area contributed by atoms with Crippen molar-refractivity contribution in [3.05, 3.63) is 33.5 Å². The molecule has 0 bridgehead atoms. The average Bonchev–Trinajstić information content (AvgIpc) is 2.74. The summed E-state index contributed by atoms with van der Waals surface area (Å²) >= 11 is 5.13. The van der Waals surface area contributed by atoms with Gasteiger partial charge in [-0.3, -0.25) is 0 Å². The van der Waals surface area contributed by atoms with Crippen LogP contribution in [0.2, 0.25) is 0 Å².